The number of hydrogen-bond donors (Lipinski definition) is 1. The molecule has 1 atom stereocenters. The number of aromatic amines is 1. The van der Waals surface area contributed by atoms with E-state index < -0.39 is 0 Å². The number of carbonyl (C=O) groups excluding carboxylic acids is 1. The summed E-state index contributed by atoms with van der Waals surface area (Å²) in [7, 11) is 0. The number of H-pyrrole nitrogens is 1. The topological polar surface area (TPSA) is 67.5 Å². The standard InChI is InChI=1S/C20H18FN3O3/c21-13-5-6-14-15(10-13)23-19(22-14)16-3-1-2-8-24(16)20(25)12-4-7-17-18(9-12)27-11-26-17/h4-7,9-10,16H,1-3,8,11H2,(H,22,23). The van der Waals surface area contributed by atoms with Gasteiger partial charge >= 0.3 is 0 Å². The van der Waals surface area contributed by atoms with E-state index in [-0.39, 0.29) is 24.6 Å². The minimum atomic E-state index is -0.311. The van der Waals surface area contributed by atoms with Crippen molar-refractivity contribution in [2.24, 2.45) is 0 Å². The van der Waals surface area contributed by atoms with E-state index in [1.807, 2.05) is 4.90 Å². The van der Waals surface area contributed by atoms with Gasteiger partial charge in [-0.1, -0.05) is 0 Å². The average molecular weight is 367 g/mol. The van der Waals surface area contributed by atoms with Crippen LogP contribution in [0.25, 0.3) is 11.0 Å². The first-order valence-corrected chi connectivity index (χ1v) is 9.05. The van der Waals surface area contributed by atoms with E-state index in [0.717, 1.165) is 19.3 Å². The Balaban J connectivity index is 1.48. The van der Waals surface area contributed by atoms with Gasteiger partial charge in [-0.3, -0.25) is 4.79 Å². The summed E-state index contributed by atoms with van der Waals surface area (Å²) in [5.41, 5.74) is 1.91. The van der Waals surface area contributed by atoms with Gasteiger partial charge in [0, 0.05) is 12.1 Å². The minimum Gasteiger partial charge on any atom is -0.454 e. The van der Waals surface area contributed by atoms with Crippen molar-refractivity contribution in [2.75, 3.05) is 13.3 Å². The molecule has 0 aliphatic carbocycles. The number of fused-ring (bicyclic) bond motifs is 2. The summed E-state index contributed by atoms with van der Waals surface area (Å²) in [6, 6.07) is 9.56. The lowest BCUT2D eigenvalue weighted by atomic mass is 10.00. The largest absolute Gasteiger partial charge is 0.454 e. The summed E-state index contributed by atoms with van der Waals surface area (Å²) in [5.74, 6) is 1.57. The van der Waals surface area contributed by atoms with Crippen LogP contribution in [0.15, 0.2) is 36.4 Å². The molecule has 7 heteroatoms. The SMILES string of the molecule is O=C(c1ccc2c(c1)OCO2)N1CCCCC1c1nc2ccc(F)cc2[nH]1. The molecular weight excluding hydrogens is 349 g/mol. The van der Waals surface area contributed by atoms with Gasteiger partial charge in [-0.15, -0.1) is 0 Å². The summed E-state index contributed by atoms with van der Waals surface area (Å²) >= 11 is 0. The van der Waals surface area contributed by atoms with Crippen LogP contribution in [0.5, 0.6) is 11.5 Å². The molecule has 1 fully saturated rings. The fraction of sp³-hybridized carbons (Fsp3) is 0.300. The number of carbonyl (C=O) groups is 1. The van der Waals surface area contributed by atoms with Crippen molar-refractivity contribution in [3.05, 3.63) is 53.6 Å². The lowest BCUT2D eigenvalue weighted by molar-refractivity contribution is 0.0601. The van der Waals surface area contributed by atoms with Crippen LogP contribution >= 0.6 is 0 Å². The van der Waals surface area contributed by atoms with Gasteiger partial charge in [0.15, 0.2) is 11.5 Å². The van der Waals surface area contributed by atoms with Crippen molar-refractivity contribution in [2.45, 2.75) is 25.3 Å². The third-order valence-electron chi connectivity index (χ3n) is 5.16. The molecule has 6 nitrogen and oxygen atoms in total. The van der Waals surface area contributed by atoms with Gasteiger partial charge in [0.05, 0.1) is 17.1 Å². The maximum atomic E-state index is 13.5. The van der Waals surface area contributed by atoms with Crippen molar-refractivity contribution < 1.29 is 18.7 Å². The molecule has 0 bridgehead atoms. The number of piperidine rings is 1. The second-order valence-corrected chi connectivity index (χ2v) is 6.86. The van der Waals surface area contributed by atoms with Crippen molar-refractivity contribution in [1.29, 1.82) is 0 Å². The summed E-state index contributed by atoms with van der Waals surface area (Å²) in [5, 5.41) is 0. The number of likely N-dealkylation sites (tertiary alicyclic amines) is 1. The minimum absolute atomic E-state index is 0.0652. The van der Waals surface area contributed by atoms with Crippen LogP contribution in [0.3, 0.4) is 0 Å². The van der Waals surface area contributed by atoms with Crippen LogP contribution in [-0.2, 0) is 0 Å². The van der Waals surface area contributed by atoms with Gasteiger partial charge in [0.2, 0.25) is 6.79 Å². The highest BCUT2D eigenvalue weighted by Gasteiger charge is 2.31. The quantitative estimate of drug-likeness (QED) is 0.748. The molecule has 27 heavy (non-hydrogen) atoms. The number of nitrogens with one attached hydrogen (secondary N) is 1. The highest BCUT2D eigenvalue weighted by Crippen LogP contribution is 2.35. The lowest BCUT2D eigenvalue weighted by Gasteiger charge is -2.34. The van der Waals surface area contributed by atoms with E-state index >= 15 is 0 Å². The number of aromatic nitrogens is 2. The fourth-order valence-electron chi connectivity index (χ4n) is 3.81. The first kappa shape index (κ1) is 16.1. The normalized spacial score (nSPS) is 18.9. The predicted molar refractivity (Wildman–Crippen MR) is 96.2 cm³/mol. The summed E-state index contributed by atoms with van der Waals surface area (Å²) in [6.45, 7) is 0.832. The molecule has 2 aromatic carbocycles. The second-order valence-electron chi connectivity index (χ2n) is 6.86. The van der Waals surface area contributed by atoms with Crippen LogP contribution in [0.2, 0.25) is 0 Å². The maximum absolute atomic E-state index is 13.5. The molecule has 2 aliphatic heterocycles. The van der Waals surface area contributed by atoms with Crippen LogP contribution in [0, 0.1) is 5.82 Å². The molecule has 3 heterocycles. The molecule has 1 N–H and O–H groups in total. The van der Waals surface area contributed by atoms with E-state index in [9.17, 15) is 9.18 Å². The lowest BCUT2D eigenvalue weighted by Crippen LogP contribution is -2.39. The molecule has 1 unspecified atom stereocenters. The Labute approximate surface area is 154 Å². The predicted octanol–water partition coefficient (Wildman–Crippen LogP) is 3.80. The van der Waals surface area contributed by atoms with E-state index in [1.54, 1.807) is 24.3 Å². The van der Waals surface area contributed by atoms with Crippen molar-refractivity contribution in [3.8, 4) is 11.5 Å². The van der Waals surface area contributed by atoms with Crippen molar-refractivity contribution in [3.63, 3.8) is 0 Å². The van der Waals surface area contributed by atoms with Crippen LogP contribution in [0.4, 0.5) is 4.39 Å². The number of rotatable bonds is 2. The Bertz CT molecular complexity index is 1030. The summed E-state index contributed by atoms with van der Waals surface area (Å²) in [6.07, 6.45) is 2.78. The molecule has 0 saturated carbocycles. The van der Waals surface area contributed by atoms with Gasteiger partial charge in [-0.25, -0.2) is 9.37 Å². The molecule has 0 radical (unpaired) electrons. The number of nitrogens with zero attached hydrogens (tertiary/aromatic N) is 2. The third kappa shape index (κ3) is 2.79. The van der Waals surface area contributed by atoms with Crippen molar-refractivity contribution >= 4 is 16.9 Å². The maximum Gasteiger partial charge on any atom is 0.254 e. The highest BCUT2D eigenvalue weighted by molar-refractivity contribution is 5.95. The number of imidazole rings is 1. The van der Waals surface area contributed by atoms with E-state index in [2.05, 4.69) is 9.97 Å². The molecule has 1 aromatic heterocycles. The number of benzene rings is 2. The number of ether oxygens (including phenoxy) is 2. The zero-order chi connectivity index (χ0) is 18.4. The summed E-state index contributed by atoms with van der Waals surface area (Å²) in [4.78, 5) is 22.8. The number of hydrogen-bond acceptors (Lipinski definition) is 4. The molecule has 1 saturated heterocycles. The molecule has 1 amide bonds. The van der Waals surface area contributed by atoms with Crippen LogP contribution < -0.4 is 9.47 Å². The Morgan fingerprint density at radius 2 is 2.04 bits per heavy atom. The Morgan fingerprint density at radius 1 is 1.15 bits per heavy atom. The van der Waals surface area contributed by atoms with Gasteiger partial charge in [-0.2, -0.15) is 0 Å². The first-order chi connectivity index (χ1) is 13.2. The zero-order valence-corrected chi connectivity index (χ0v) is 14.6. The van der Waals surface area contributed by atoms with E-state index in [4.69, 9.17) is 9.47 Å². The van der Waals surface area contributed by atoms with Gasteiger partial charge < -0.3 is 19.4 Å². The molecule has 0 spiro atoms. The summed E-state index contributed by atoms with van der Waals surface area (Å²) < 4.78 is 24.2. The number of amides is 1. The fourth-order valence-corrected chi connectivity index (χ4v) is 3.81. The molecule has 138 valence electrons. The molecule has 5 rings (SSSR count). The van der Waals surface area contributed by atoms with Crippen LogP contribution in [0.1, 0.15) is 41.5 Å². The second kappa shape index (κ2) is 6.26. The van der Waals surface area contributed by atoms with Gasteiger partial charge in [-0.05, 0) is 55.7 Å². The smallest absolute Gasteiger partial charge is 0.254 e. The Kier molecular flexibility index (Phi) is 3.74. The average Bonchev–Trinajstić information content (AvgIpc) is 3.33. The molecule has 2 aliphatic rings. The van der Waals surface area contributed by atoms with Crippen LogP contribution in [-0.4, -0.2) is 34.1 Å². The van der Waals surface area contributed by atoms with E-state index in [1.165, 1.54) is 12.1 Å². The van der Waals surface area contributed by atoms with Gasteiger partial charge in [0.1, 0.15) is 11.6 Å². The first-order valence-electron chi connectivity index (χ1n) is 9.05. The Hall–Kier alpha value is -3.09. The zero-order valence-electron chi connectivity index (χ0n) is 14.6. The Morgan fingerprint density at radius 3 is 2.96 bits per heavy atom. The highest BCUT2D eigenvalue weighted by atomic mass is 19.1. The third-order valence-corrected chi connectivity index (χ3v) is 5.16. The molecular formula is C20H18FN3O3. The molecule has 3 aromatic rings. The number of halogens is 1. The van der Waals surface area contributed by atoms with Gasteiger partial charge in [0.25, 0.3) is 5.91 Å². The van der Waals surface area contributed by atoms with E-state index in [0.29, 0.717) is 40.5 Å². The van der Waals surface area contributed by atoms with Crippen molar-refractivity contribution in [1.82, 2.24) is 14.9 Å². The monoisotopic (exact) mass is 367 g/mol.